The summed E-state index contributed by atoms with van der Waals surface area (Å²) in [6.45, 7) is 4.51. The van der Waals surface area contributed by atoms with Gasteiger partial charge in [0.1, 0.15) is 11.8 Å². The predicted molar refractivity (Wildman–Crippen MR) is 70.1 cm³/mol. The van der Waals surface area contributed by atoms with E-state index >= 15 is 0 Å². The van der Waals surface area contributed by atoms with E-state index in [1.54, 1.807) is 12.1 Å². The molecular weight excluding hydrogens is 228 g/mol. The van der Waals surface area contributed by atoms with Crippen molar-refractivity contribution >= 4 is 11.7 Å². The summed E-state index contributed by atoms with van der Waals surface area (Å²) < 4.78 is 5.47. The van der Waals surface area contributed by atoms with Gasteiger partial charge in [0.15, 0.2) is 0 Å². The maximum Gasteiger partial charge on any atom is 0.357 e. The van der Waals surface area contributed by atoms with Crippen molar-refractivity contribution in [3.63, 3.8) is 0 Å². The van der Waals surface area contributed by atoms with Crippen molar-refractivity contribution in [2.24, 2.45) is 5.41 Å². The zero-order chi connectivity index (χ0) is 13.2. The number of rotatable bonds is 2. The molecule has 0 spiro atoms. The molecule has 98 valence electrons. The third-order valence-corrected chi connectivity index (χ3v) is 3.56. The summed E-state index contributed by atoms with van der Waals surface area (Å²) in [6, 6.07) is 3.26. The molecule has 4 heteroatoms. The number of esters is 1. The summed E-state index contributed by atoms with van der Waals surface area (Å²) in [4.78, 5) is 15.8. The van der Waals surface area contributed by atoms with Gasteiger partial charge < -0.3 is 10.5 Å². The van der Waals surface area contributed by atoms with Gasteiger partial charge in [0.25, 0.3) is 0 Å². The van der Waals surface area contributed by atoms with Crippen LogP contribution in [0.5, 0.6) is 0 Å². The lowest BCUT2D eigenvalue weighted by atomic mass is 9.76. The Bertz CT molecular complexity index is 416. The van der Waals surface area contributed by atoms with E-state index in [1.165, 1.54) is 6.20 Å². The predicted octanol–water partition coefficient (Wildman–Crippen LogP) is 2.79. The fraction of sp³-hybridized carbons (Fsp3) is 0.571. The summed E-state index contributed by atoms with van der Waals surface area (Å²) in [7, 11) is 0. The molecule has 2 N–H and O–H groups in total. The number of hydrogen-bond acceptors (Lipinski definition) is 4. The minimum atomic E-state index is -0.347. The van der Waals surface area contributed by atoms with Gasteiger partial charge in [0.05, 0.1) is 11.9 Å². The SMILES string of the molecule is CC1(C)CCC(OC(=O)c2ccc(N)cn2)CC1. The van der Waals surface area contributed by atoms with Crippen molar-refractivity contribution in [1.29, 1.82) is 0 Å². The largest absolute Gasteiger partial charge is 0.458 e. The molecule has 0 aromatic carbocycles. The third-order valence-electron chi connectivity index (χ3n) is 3.56. The van der Waals surface area contributed by atoms with E-state index in [-0.39, 0.29) is 12.1 Å². The molecule has 0 bridgehead atoms. The Morgan fingerprint density at radius 3 is 2.61 bits per heavy atom. The number of anilines is 1. The number of nitrogens with zero attached hydrogens (tertiary/aromatic N) is 1. The molecule has 4 nitrogen and oxygen atoms in total. The molecule has 1 aliphatic carbocycles. The lowest BCUT2D eigenvalue weighted by Gasteiger charge is -2.33. The number of hydrogen-bond donors (Lipinski definition) is 1. The fourth-order valence-electron chi connectivity index (χ4n) is 2.23. The van der Waals surface area contributed by atoms with Gasteiger partial charge in [-0.3, -0.25) is 0 Å². The smallest absolute Gasteiger partial charge is 0.357 e. The molecule has 0 atom stereocenters. The molecule has 0 unspecified atom stereocenters. The monoisotopic (exact) mass is 248 g/mol. The van der Waals surface area contributed by atoms with Crippen LogP contribution in [0.3, 0.4) is 0 Å². The highest BCUT2D eigenvalue weighted by Gasteiger charge is 2.29. The lowest BCUT2D eigenvalue weighted by Crippen LogP contribution is -2.28. The minimum absolute atomic E-state index is 0.0323. The van der Waals surface area contributed by atoms with Crippen molar-refractivity contribution in [1.82, 2.24) is 4.98 Å². The molecule has 0 aliphatic heterocycles. The zero-order valence-electron chi connectivity index (χ0n) is 11.0. The average molecular weight is 248 g/mol. The van der Waals surface area contributed by atoms with Crippen LogP contribution in [0.4, 0.5) is 5.69 Å². The molecule has 0 amide bonds. The first-order valence-corrected chi connectivity index (χ1v) is 6.39. The number of aromatic nitrogens is 1. The van der Waals surface area contributed by atoms with Crippen LogP contribution < -0.4 is 5.73 Å². The third kappa shape index (κ3) is 3.22. The minimum Gasteiger partial charge on any atom is -0.458 e. The van der Waals surface area contributed by atoms with E-state index in [2.05, 4.69) is 18.8 Å². The summed E-state index contributed by atoms with van der Waals surface area (Å²) >= 11 is 0. The molecule has 1 aromatic heterocycles. The Morgan fingerprint density at radius 2 is 2.06 bits per heavy atom. The highest BCUT2D eigenvalue weighted by molar-refractivity contribution is 5.87. The second kappa shape index (κ2) is 4.96. The Morgan fingerprint density at radius 1 is 1.39 bits per heavy atom. The lowest BCUT2D eigenvalue weighted by molar-refractivity contribution is 0.00892. The molecule has 18 heavy (non-hydrogen) atoms. The van der Waals surface area contributed by atoms with Crippen LogP contribution in [-0.2, 0) is 4.74 Å². The summed E-state index contributed by atoms with van der Waals surface area (Å²) in [5.41, 5.74) is 6.78. The molecule has 1 saturated carbocycles. The highest BCUT2D eigenvalue weighted by Crippen LogP contribution is 2.36. The molecular formula is C14H20N2O2. The summed E-state index contributed by atoms with van der Waals surface area (Å²) in [5.74, 6) is -0.347. The maximum atomic E-state index is 11.9. The van der Waals surface area contributed by atoms with Crippen LogP contribution in [0.25, 0.3) is 0 Å². The quantitative estimate of drug-likeness (QED) is 0.817. The zero-order valence-corrected chi connectivity index (χ0v) is 11.0. The molecule has 1 aromatic rings. The van der Waals surface area contributed by atoms with Crippen molar-refractivity contribution in [3.05, 3.63) is 24.0 Å². The Labute approximate surface area is 108 Å². The van der Waals surface area contributed by atoms with Crippen LogP contribution in [0.15, 0.2) is 18.3 Å². The number of carbonyl (C=O) groups is 1. The Balaban J connectivity index is 1.90. The summed E-state index contributed by atoms with van der Waals surface area (Å²) in [5, 5.41) is 0. The fourth-order valence-corrected chi connectivity index (χ4v) is 2.23. The molecule has 0 saturated heterocycles. The van der Waals surface area contributed by atoms with E-state index in [9.17, 15) is 4.79 Å². The van der Waals surface area contributed by atoms with E-state index in [0.717, 1.165) is 25.7 Å². The average Bonchev–Trinajstić information content (AvgIpc) is 2.33. The molecule has 2 rings (SSSR count). The molecule has 1 heterocycles. The normalized spacial score (nSPS) is 19.4. The molecule has 0 radical (unpaired) electrons. The van der Waals surface area contributed by atoms with E-state index in [4.69, 9.17) is 10.5 Å². The van der Waals surface area contributed by atoms with Crippen molar-refractivity contribution in [3.8, 4) is 0 Å². The maximum absolute atomic E-state index is 11.9. The molecule has 1 aliphatic rings. The van der Waals surface area contributed by atoms with Gasteiger partial charge in [-0.05, 0) is 43.2 Å². The van der Waals surface area contributed by atoms with Gasteiger partial charge in [-0.15, -0.1) is 0 Å². The number of ether oxygens (including phenoxy) is 1. The second-order valence-electron chi connectivity index (χ2n) is 5.75. The van der Waals surface area contributed by atoms with Crippen LogP contribution in [0, 0.1) is 5.41 Å². The van der Waals surface area contributed by atoms with Gasteiger partial charge >= 0.3 is 5.97 Å². The number of pyridine rings is 1. The standard InChI is InChI=1S/C14H20N2O2/c1-14(2)7-5-11(6-8-14)18-13(17)12-4-3-10(15)9-16-12/h3-4,9,11H,5-8,15H2,1-2H3. The Kier molecular flexibility index (Phi) is 3.55. The van der Waals surface area contributed by atoms with Crippen LogP contribution >= 0.6 is 0 Å². The topological polar surface area (TPSA) is 65.2 Å². The van der Waals surface area contributed by atoms with Crippen molar-refractivity contribution in [2.75, 3.05) is 5.73 Å². The summed E-state index contributed by atoms with van der Waals surface area (Å²) in [6.07, 6.45) is 5.58. The van der Waals surface area contributed by atoms with Crippen LogP contribution in [-0.4, -0.2) is 17.1 Å². The first kappa shape index (κ1) is 12.9. The van der Waals surface area contributed by atoms with Gasteiger partial charge in [-0.1, -0.05) is 13.8 Å². The van der Waals surface area contributed by atoms with Crippen LogP contribution in [0.2, 0.25) is 0 Å². The van der Waals surface area contributed by atoms with Gasteiger partial charge in [0, 0.05) is 0 Å². The van der Waals surface area contributed by atoms with Crippen LogP contribution in [0.1, 0.15) is 50.0 Å². The van der Waals surface area contributed by atoms with Gasteiger partial charge in [-0.25, -0.2) is 9.78 Å². The van der Waals surface area contributed by atoms with E-state index in [0.29, 0.717) is 16.8 Å². The number of nitrogen functional groups attached to an aromatic ring is 1. The second-order valence-corrected chi connectivity index (χ2v) is 5.75. The first-order valence-electron chi connectivity index (χ1n) is 6.39. The first-order chi connectivity index (χ1) is 8.46. The Hall–Kier alpha value is -1.58. The van der Waals surface area contributed by atoms with E-state index < -0.39 is 0 Å². The molecule has 1 fully saturated rings. The number of nitrogens with two attached hydrogens (primary N) is 1. The van der Waals surface area contributed by atoms with Gasteiger partial charge in [-0.2, -0.15) is 0 Å². The van der Waals surface area contributed by atoms with Crippen molar-refractivity contribution < 1.29 is 9.53 Å². The van der Waals surface area contributed by atoms with E-state index in [1.807, 2.05) is 0 Å². The highest BCUT2D eigenvalue weighted by atomic mass is 16.5. The van der Waals surface area contributed by atoms with Gasteiger partial charge in [0.2, 0.25) is 0 Å². The number of carbonyl (C=O) groups excluding carboxylic acids is 1. The van der Waals surface area contributed by atoms with Crippen molar-refractivity contribution in [2.45, 2.75) is 45.6 Å².